The molecule has 9 heteroatoms. The first-order valence-corrected chi connectivity index (χ1v) is 8.78. The average Bonchev–Trinajstić information content (AvgIpc) is 3.31. The Balaban J connectivity index is 1.67. The van der Waals surface area contributed by atoms with Gasteiger partial charge in [0.25, 0.3) is 0 Å². The lowest BCUT2D eigenvalue weighted by Gasteiger charge is -2.09. The van der Waals surface area contributed by atoms with E-state index < -0.39 is 0 Å². The third-order valence-corrected chi connectivity index (χ3v) is 4.18. The zero-order chi connectivity index (χ0) is 18.8. The van der Waals surface area contributed by atoms with Crippen molar-refractivity contribution in [3.05, 3.63) is 48.4 Å². The van der Waals surface area contributed by atoms with E-state index in [4.69, 9.17) is 0 Å². The summed E-state index contributed by atoms with van der Waals surface area (Å²) >= 11 is 0. The van der Waals surface area contributed by atoms with E-state index in [1.165, 1.54) is 6.33 Å². The monoisotopic (exact) mass is 363 g/mol. The number of aromatic nitrogens is 7. The molecular weight excluding hydrogens is 342 g/mol. The first kappa shape index (κ1) is 17.1. The summed E-state index contributed by atoms with van der Waals surface area (Å²) in [5, 5.41) is 23.5. The van der Waals surface area contributed by atoms with Crippen molar-refractivity contribution in [2.45, 2.75) is 26.4 Å². The summed E-state index contributed by atoms with van der Waals surface area (Å²) < 4.78 is 1.82. The molecule has 0 spiro atoms. The van der Waals surface area contributed by atoms with Crippen LogP contribution in [0.25, 0.3) is 16.9 Å². The number of fused-ring (bicyclic) bond motifs is 1. The highest BCUT2D eigenvalue weighted by atomic mass is 15.6. The van der Waals surface area contributed by atoms with Crippen molar-refractivity contribution in [3.63, 3.8) is 0 Å². The first-order valence-electron chi connectivity index (χ1n) is 8.78. The Morgan fingerprint density at radius 3 is 2.85 bits per heavy atom. The van der Waals surface area contributed by atoms with Gasteiger partial charge in [-0.25, -0.2) is 9.50 Å². The van der Waals surface area contributed by atoms with Crippen molar-refractivity contribution in [3.8, 4) is 11.4 Å². The van der Waals surface area contributed by atoms with Crippen molar-refractivity contribution in [2.75, 3.05) is 12.4 Å². The van der Waals surface area contributed by atoms with Gasteiger partial charge in [-0.15, -0.1) is 10.2 Å². The van der Waals surface area contributed by atoms with Crippen LogP contribution in [0.1, 0.15) is 25.5 Å². The molecule has 9 nitrogen and oxygen atoms in total. The van der Waals surface area contributed by atoms with Crippen LogP contribution < -0.4 is 10.6 Å². The van der Waals surface area contributed by atoms with Gasteiger partial charge in [0.1, 0.15) is 11.8 Å². The summed E-state index contributed by atoms with van der Waals surface area (Å²) in [6.07, 6.45) is 3.47. The Bertz CT molecular complexity index is 1060. The molecule has 27 heavy (non-hydrogen) atoms. The molecule has 0 fully saturated rings. The van der Waals surface area contributed by atoms with Crippen LogP contribution in [-0.2, 0) is 6.54 Å². The number of tetrazole rings is 1. The maximum atomic E-state index is 4.44. The van der Waals surface area contributed by atoms with Crippen LogP contribution in [-0.4, -0.2) is 41.9 Å². The molecule has 138 valence electrons. The van der Waals surface area contributed by atoms with Crippen LogP contribution in [0, 0.1) is 0 Å². The van der Waals surface area contributed by atoms with Gasteiger partial charge in [-0.3, -0.25) is 0 Å². The molecule has 0 aliphatic rings. The summed E-state index contributed by atoms with van der Waals surface area (Å²) in [5.41, 5.74) is 3.85. The fraction of sp³-hybridized carbons (Fsp3) is 0.278. The van der Waals surface area contributed by atoms with Gasteiger partial charge in [-0.1, -0.05) is 12.1 Å². The second-order valence-corrected chi connectivity index (χ2v) is 6.51. The molecule has 3 aromatic heterocycles. The maximum Gasteiger partial charge on any atom is 0.205 e. The smallest absolute Gasteiger partial charge is 0.205 e. The molecule has 0 aliphatic heterocycles. The number of hydrogen-bond acceptors (Lipinski definition) is 7. The summed E-state index contributed by atoms with van der Waals surface area (Å²) in [5.74, 6) is 1.34. The summed E-state index contributed by atoms with van der Waals surface area (Å²) in [6.45, 7) is 4.77. The normalized spacial score (nSPS) is 11.4. The van der Waals surface area contributed by atoms with Gasteiger partial charge in [-0.2, -0.15) is 9.90 Å². The molecule has 0 bridgehead atoms. The predicted octanol–water partition coefficient (Wildman–Crippen LogP) is 2.43. The molecule has 0 amide bonds. The molecule has 0 atom stereocenters. The third-order valence-electron chi connectivity index (χ3n) is 4.18. The van der Waals surface area contributed by atoms with Gasteiger partial charge in [0.15, 0.2) is 5.82 Å². The van der Waals surface area contributed by atoms with Gasteiger partial charge in [0.05, 0.1) is 6.04 Å². The number of hydrogen-bond donors (Lipinski definition) is 2. The van der Waals surface area contributed by atoms with Crippen LogP contribution >= 0.6 is 0 Å². The molecule has 3 heterocycles. The maximum absolute atomic E-state index is 4.44. The van der Waals surface area contributed by atoms with E-state index in [9.17, 15) is 0 Å². The highest BCUT2D eigenvalue weighted by molar-refractivity contribution is 5.77. The summed E-state index contributed by atoms with van der Waals surface area (Å²) in [7, 11) is 1.92. The number of nitrogens with one attached hydrogen (secondary N) is 2. The Morgan fingerprint density at radius 2 is 2.07 bits per heavy atom. The van der Waals surface area contributed by atoms with Crippen LogP contribution in [0.3, 0.4) is 0 Å². The largest absolute Gasteiger partial charge is 0.338 e. The number of nitrogens with zero attached hydrogens (tertiary/aromatic N) is 7. The first-order chi connectivity index (χ1) is 13.2. The zero-order valence-corrected chi connectivity index (χ0v) is 15.5. The standard InChI is InChI=1S/C18H21N9/c1-12(2)27-24-17(23-25-27)13-5-4-6-15(9-13)22-18-16-14(10-19-3)7-8-26(16)21-11-20-18/h4-9,11-12,19H,10H2,1-3H3,(H,20,21,22). The van der Waals surface area contributed by atoms with E-state index in [1.54, 1.807) is 4.80 Å². The highest BCUT2D eigenvalue weighted by Gasteiger charge is 2.12. The van der Waals surface area contributed by atoms with E-state index in [2.05, 4.69) is 36.1 Å². The number of rotatable bonds is 6. The lowest BCUT2D eigenvalue weighted by atomic mass is 10.2. The molecule has 0 radical (unpaired) electrons. The molecule has 4 rings (SSSR count). The van der Waals surface area contributed by atoms with E-state index in [1.807, 2.05) is 61.9 Å². The molecule has 0 saturated heterocycles. The molecule has 2 N–H and O–H groups in total. The molecule has 0 unspecified atom stereocenters. The quantitative estimate of drug-likeness (QED) is 0.543. The van der Waals surface area contributed by atoms with Gasteiger partial charge in [0, 0.05) is 24.0 Å². The van der Waals surface area contributed by atoms with E-state index in [-0.39, 0.29) is 6.04 Å². The molecule has 4 aromatic rings. The van der Waals surface area contributed by atoms with Gasteiger partial charge in [-0.05, 0) is 49.9 Å². The fourth-order valence-electron chi connectivity index (χ4n) is 2.88. The lowest BCUT2D eigenvalue weighted by Crippen LogP contribution is -2.07. The zero-order valence-electron chi connectivity index (χ0n) is 15.5. The Hall–Kier alpha value is -3.33. The Morgan fingerprint density at radius 1 is 1.19 bits per heavy atom. The fourth-order valence-corrected chi connectivity index (χ4v) is 2.88. The second kappa shape index (κ2) is 7.12. The van der Waals surface area contributed by atoms with Crippen LogP contribution in [0.4, 0.5) is 11.5 Å². The van der Waals surface area contributed by atoms with Crippen molar-refractivity contribution < 1.29 is 0 Å². The van der Waals surface area contributed by atoms with E-state index in [0.717, 1.165) is 34.7 Å². The summed E-state index contributed by atoms with van der Waals surface area (Å²) in [4.78, 5) is 6.03. The molecular formula is C18H21N9. The molecule has 1 aromatic carbocycles. The predicted molar refractivity (Wildman–Crippen MR) is 103 cm³/mol. The van der Waals surface area contributed by atoms with Crippen molar-refractivity contribution >= 4 is 17.0 Å². The molecule has 0 aliphatic carbocycles. The minimum atomic E-state index is 0.168. The van der Waals surface area contributed by atoms with E-state index in [0.29, 0.717) is 5.82 Å². The van der Waals surface area contributed by atoms with Gasteiger partial charge in [0.2, 0.25) is 5.82 Å². The highest BCUT2D eigenvalue weighted by Crippen LogP contribution is 2.25. The molecule has 0 saturated carbocycles. The van der Waals surface area contributed by atoms with Crippen LogP contribution in [0.2, 0.25) is 0 Å². The van der Waals surface area contributed by atoms with E-state index >= 15 is 0 Å². The lowest BCUT2D eigenvalue weighted by molar-refractivity contribution is 0.455. The summed E-state index contributed by atoms with van der Waals surface area (Å²) in [6, 6.07) is 10.1. The van der Waals surface area contributed by atoms with Crippen molar-refractivity contribution in [2.24, 2.45) is 0 Å². The number of benzene rings is 1. The second-order valence-electron chi connectivity index (χ2n) is 6.51. The Kier molecular flexibility index (Phi) is 4.51. The Labute approximate surface area is 156 Å². The van der Waals surface area contributed by atoms with Crippen molar-refractivity contribution in [1.82, 2.24) is 40.1 Å². The van der Waals surface area contributed by atoms with Crippen molar-refractivity contribution in [1.29, 1.82) is 0 Å². The van der Waals surface area contributed by atoms with Gasteiger partial charge < -0.3 is 10.6 Å². The minimum absolute atomic E-state index is 0.168. The minimum Gasteiger partial charge on any atom is -0.338 e. The topological polar surface area (TPSA) is 97.9 Å². The van der Waals surface area contributed by atoms with Crippen LogP contribution in [0.5, 0.6) is 0 Å². The number of anilines is 2. The SMILES string of the molecule is CNCc1ccn2ncnc(Nc3cccc(-c4nnn(C(C)C)n4)c3)c12. The van der Waals surface area contributed by atoms with Gasteiger partial charge >= 0.3 is 0 Å². The average molecular weight is 363 g/mol. The third kappa shape index (κ3) is 3.36. The van der Waals surface area contributed by atoms with Crippen LogP contribution in [0.15, 0.2) is 42.9 Å².